The first-order chi connectivity index (χ1) is 9.59. The second-order valence-corrected chi connectivity index (χ2v) is 7.90. The van der Waals surface area contributed by atoms with E-state index < -0.39 is 0 Å². The lowest BCUT2D eigenvalue weighted by molar-refractivity contribution is -0.119. The minimum Gasteiger partial charge on any atom is -0.393 e. The van der Waals surface area contributed by atoms with Crippen molar-refractivity contribution in [3.63, 3.8) is 0 Å². The fourth-order valence-corrected chi connectivity index (χ4v) is 6.02. The molecule has 0 aliphatic heterocycles. The Labute approximate surface area is 121 Å². The average Bonchev–Trinajstić information content (AvgIpc) is 2.74. The Morgan fingerprint density at radius 2 is 1.95 bits per heavy atom. The van der Waals surface area contributed by atoms with Crippen LogP contribution in [0.4, 0.5) is 0 Å². The Kier molecular flexibility index (Phi) is 2.89. The smallest absolute Gasteiger partial charge is 0.137 e. The van der Waals surface area contributed by atoms with Crippen molar-refractivity contribution in [2.75, 3.05) is 0 Å². The molecule has 110 valence electrons. The number of carbonyl (C=O) groups is 1. The summed E-state index contributed by atoms with van der Waals surface area (Å²) >= 11 is 0. The molecule has 4 aliphatic carbocycles. The van der Waals surface area contributed by atoms with E-state index in [2.05, 4.69) is 6.92 Å². The quantitative estimate of drug-likeness (QED) is 0.685. The molecule has 5 atom stereocenters. The van der Waals surface area contributed by atoms with E-state index in [9.17, 15) is 9.90 Å². The molecule has 0 radical (unpaired) electrons. The fourth-order valence-electron chi connectivity index (χ4n) is 6.02. The summed E-state index contributed by atoms with van der Waals surface area (Å²) in [6.45, 7) is 2.33. The predicted molar refractivity (Wildman–Crippen MR) is 78.2 cm³/mol. The number of hydrogen-bond donors (Lipinski definition) is 1. The van der Waals surface area contributed by atoms with E-state index in [1.807, 2.05) is 0 Å². The zero-order chi connectivity index (χ0) is 13.9. The van der Waals surface area contributed by atoms with E-state index in [-0.39, 0.29) is 11.5 Å². The van der Waals surface area contributed by atoms with Gasteiger partial charge in [0.2, 0.25) is 0 Å². The molecule has 2 nitrogen and oxygen atoms in total. The van der Waals surface area contributed by atoms with Crippen LogP contribution in [0.5, 0.6) is 0 Å². The number of fused-ring (bicyclic) bond motifs is 4. The van der Waals surface area contributed by atoms with Gasteiger partial charge in [-0.15, -0.1) is 0 Å². The lowest BCUT2D eigenvalue weighted by Crippen LogP contribution is -2.45. The van der Waals surface area contributed by atoms with Crippen molar-refractivity contribution in [2.45, 2.75) is 70.8 Å². The third-order valence-corrected chi connectivity index (χ3v) is 7.15. The Bertz CT molecular complexity index is 478. The maximum Gasteiger partial charge on any atom is 0.137 e. The zero-order valence-electron chi connectivity index (χ0n) is 12.5. The summed E-state index contributed by atoms with van der Waals surface area (Å²) < 4.78 is 0. The fraction of sp³-hybridized carbons (Fsp3) is 0.833. The van der Waals surface area contributed by atoms with Gasteiger partial charge >= 0.3 is 0 Å². The molecule has 0 amide bonds. The van der Waals surface area contributed by atoms with Crippen molar-refractivity contribution in [1.82, 2.24) is 0 Å². The summed E-state index contributed by atoms with van der Waals surface area (Å²) in [4.78, 5) is 11.7. The van der Waals surface area contributed by atoms with Crippen molar-refractivity contribution in [2.24, 2.45) is 23.2 Å². The van der Waals surface area contributed by atoms with E-state index in [0.717, 1.165) is 49.9 Å². The largest absolute Gasteiger partial charge is 0.393 e. The molecule has 0 aromatic rings. The minimum atomic E-state index is -0.0724. The van der Waals surface area contributed by atoms with Crippen LogP contribution >= 0.6 is 0 Å². The molecule has 0 aromatic heterocycles. The van der Waals surface area contributed by atoms with E-state index in [4.69, 9.17) is 0 Å². The number of hydrogen-bond acceptors (Lipinski definition) is 2. The van der Waals surface area contributed by atoms with Gasteiger partial charge < -0.3 is 5.11 Å². The third kappa shape index (κ3) is 1.70. The molecule has 2 heteroatoms. The minimum absolute atomic E-state index is 0.0724. The van der Waals surface area contributed by atoms with Crippen molar-refractivity contribution in [3.8, 4) is 0 Å². The molecule has 1 N–H and O–H groups in total. The number of allylic oxidation sites excluding steroid dienone is 2. The topological polar surface area (TPSA) is 37.3 Å². The number of Topliss-reactive ketones (excluding diaryl/α,β-unsaturated/α-hetero) is 1. The SMILES string of the molecule is C[C@@]12CC[C@@H]3C4=C(CC[C@H]3[C@@H]1CC[C@@H]2O)CC(=O)CC4. The van der Waals surface area contributed by atoms with Gasteiger partial charge in [-0.3, -0.25) is 4.79 Å². The van der Waals surface area contributed by atoms with Gasteiger partial charge in [0.1, 0.15) is 5.78 Å². The van der Waals surface area contributed by atoms with Crippen LogP contribution in [0.1, 0.15) is 64.7 Å². The first-order valence-corrected chi connectivity index (χ1v) is 8.50. The second kappa shape index (κ2) is 4.43. The van der Waals surface area contributed by atoms with Gasteiger partial charge in [0, 0.05) is 12.8 Å². The van der Waals surface area contributed by atoms with Crippen LogP contribution in [-0.4, -0.2) is 17.0 Å². The highest BCUT2D eigenvalue weighted by molar-refractivity contribution is 5.82. The van der Waals surface area contributed by atoms with Crippen LogP contribution in [0.15, 0.2) is 11.1 Å². The highest BCUT2D eigenvalue weighted by Gasteiger charge is 2.54. The van der Waals surface area contributed by atoms with Gasteiger partial charge in [-0.2, -0.15) is 0 Å². The summed E-state index contributed by atoms with van der Waals surface area (Å²) in [6.07, 6.45) is 9.60. The van der Waals surface area contributed by atoms with Crippen molar-refractivity contribution in [3.05, 3.63) is 11.1 Å². The van der Waals surface area contributed by atoms with Crippen molar-refractivity contribution < 1.29 is 9.90 Å². The summed E-state index contributed by atoms with van der Waals surface area (Å²) in [5.41, 5.74) is 3.36. The zero-order valence-corrected chi connectivity index (χ0v) is 12.5. The van der Waals surface area contributed by atoms with Gasteiger partial charge in [-0.25, -0.2) is 0 Å². The van der Waals surface area contributed by atoms with Gasteiger partial charge in [0.05, 0.1) is 6.10 Å². The monoisotopic (exact) mass is 274 g/mol. The number of ketones is 1. The standard InChI is InChI=1S/C18H26O2/c1-18-9-8-14-13-5-3-12(19)10-11(13)2-4-15(14)16(18)6-7-17(18)20/h14-17,20H,2-10H2,1H3/t14-,15-,16+,17+,18-/m1/s1. The highest BCUT2D eigenvalue weighted by Crippen LogP contribution is 2.60. The molecule has 4 rings (SSSR count). The molecule has 20 heavy (non-hydrogen) atoms. The van der Waals surface area contributed by atoms with Gasteiger partial charge in [-0.1, -0.05) is 18.1 Å². The number of rotatable bonds is 0. The molecule has 4 aliphatic rings. The maximum atomic E-state index is 11.7. The van der Waals surface area contributed by atoms with E-state index in [0.29, 0.717) is 5.78 Å². The van der Waals surface area contributed by atoms with E-state index in [1.54, 1.807) is 5.57 Å². The van der Waals surface area contributed by atoms with Crippen molar-refractivity contribution in [1.29, 1.82) is 0 Å². The Morgan fingerprint density at radius 1 is 1.10 bits per heavy atom. The molecular formula is C18H26O2. The summed E-state index contributed by atoms with van der Waals surface area (Å²) in [5, 5.41) is 10.4. The van der Waals surface area contributed by atoms with Crippen LogP contribution in [0, 0.1) is 23.2 Å². The molecule has 0 spiro atoms. The van der Waals surface area contributed by atoms with Crippen LogP contribution in [-0.2, 0) is 4.79 Å². The third-order valence-electron chi connectivity index (χ3n) is 7.15. The number of aliphatic hydroxyl groups is 1. The predicted octanol–water partition coefficient (Wildman–Crippen LogP) is 3.63. The summed E-state index contributed by atoms with van der Waals surface area (Å²) in [5.74, 6) is 2.72. The van der Waals surface area contributed by atoms with Crippen LogP contribution in [0.25, 0.3) is 0 Å². The first-order valence-electron chi connectivity index (χ1n) is 8.50. The molecule has 0 unspecified atom stereocenters. The van der Waals surface area contributed by atoms with Gasteiger partial charge in [0.15, 0.2) is 0 Å². The van der Waals surface area contributed by atoms with Crippen LogP contribution in [0.2, 0.25) is 0 Å². The average molecular weight is 274 g/mol. The molecule has 2 fully saturated rings. The molecule has 0 heterocycles. The van der Waals surface area contributed by atoms with Gasteiger partial charge in [0.25, 0.3) is 0 Å². The number of carbonyl (C=O) groups excluding carboxylic acids is 1. The van der Waals surface area contributed by atoms with E-state index >= 15 is 0 Å². The Morgan fingerprint density at radius 3 is 2.80 bits per heavy atom. The normalized spacial score (nSPS) is 47.8. The lowest BCUT2D eigenvalue weighted by atomic mass is 9.54. The maximum absolute atomic E-state index is 11.7. The van der Waals surface area contributed by atoms with Crippen molar-refractivity contribution >= 4 is 5.78 Å². The lowest BCUT2D eigenvalue weighted by Gasteiger charge is -2.51. The second-order valence-electron chi connectivity index (χ2n) is 7.90. The molecule has 0 aromatic carbocycles. The first kappa shape index (κ1) is 13.1. The summed E-state index contributed by atoms with van der Waals surface area (Å²) in [7, 11) is 0. The van der Waals surface area contributed by atoms with Crippen LogP contribution in [0.3, 0.4) is 0 Å². The van der Waals surface area contributed by atoms with Crippen LogP contribution < -0.4 is 0 Å². The Hall–Kier alpha value is -0.630. The summed E-state index contributed by atoms with van der Waals surface area (Å²) in [6, 6.07) is 0. The Balaban J connectivity index is 1.65. The molecule has 0 saturated heterocycles. The van der Waals surface area contributed by atoms with E-state index in [1.165, 1.54) is 31.3 Å². The highest BCUT2D eigenvalue weighted by atomic mass is 16.3. The molecule has 2 saturated carbocycles. The molecular weight excluding hydrogens is 248 g/mol. The van der Waals surface area contributed by atoms with Gasteiger partial charge in [-0.05, 0) is 68.1 Å². The molecule has 0 bridgehead atoms. The number of aliphatic hydroxyl groups excluding tert-OH is 1.